The van der Waals surface area contributed by atoms with Crippen molar-refractivity contribution >= 4 is 15.9 Å². The Morgan fingerprint density at radius 3 is 2.40 bits per heavy atom. The summed E-state index contributed by atoms with van der Waals surface area (Å²) in [6.45, 7) is 7.36. The molecule has 1 N–H and O–H groups in total. The van der Waals surface area contributed by atoms with E-state index in [9.17, 15) is 13.2 Å². The van der Waals surface area contributed by atoms with E-state index < -0.39 is 10.0 Å². The van der Waals surface area contributed by atoms with Crippen LogP contribution >= 0.6 is 0 Å². The molecule has 1 aromatic rings. The highest BCUT2D eigenvalue weighted by Gasteiger charge is 2.25. The van der Waals surface area contributed by atoms with Gasteiger partial charge >= 0.3 is 0 Å². The lowest BCUT2D eigenvalue weighted by Gasteiger charge is -2.35. The minimum Gasteiger partial charge on any atom is -0.494 e. The van der Waals surface area contributed by atoms with Crippen LogP contribution in [-0.2, 0) is 19.6 Å². The third-order valence-electron chi connectivity index (χ3n) is 3.85. The topological polar surface area (TPSA) is 84.9 Å². The van der Waals surface area contributed by atoms with Gasteiger partial charge in [-0.2, -0.15) is 0 Å². The highest BCUT2D eigenvalue weighted by Crippen LogP contribution is 2.16. The number of morpholine rings is 1. The van der Waals surface area contributed by atoms with Crippen LogP contribution < -0.4 is 9.46 Å². The average molecular weight is 370 g/mol. The van der Waals surface area contributed by atoms with Crippen LogP contribution in [0.25, 0.3) is 0 Å². The van der Waals surface area contributed by atoms with Crippen molar-refractivity contribution in [3.8, 4) is 5.75 Å². The molecule has 0 bridgehead atoms. The van der Waals surface area contributed by atoms with E-state index in [1.807, 2.05) is 20.8 Å². The van der Waals surface area contributed by atoms with Gasteiger partial charge in [-0.05, 0) is 45.0 Å². The maximum Gasteiger partial charge on any atom is 0.240 e. The minimum absolute atomic E-state index is 0.00625. The Morgan fingerprint density at radius 2 is 1.84 bits per heavy atom. The Labute approximate surface area is 149 Å². The van der Waals surface area contributed by atoms with Crippen molar-refractivity contribution in [3.05, 3.63) is 24.3 Å². The normalized spacial score (nSPS) is 21.2. The first kappa shape index (κ1) is 19.7. The summed E-state index contributed by atoms with van der Waals surface area (Å²) in [5, 5.41) is 0. The standard InChI is InChI=1S/C17H26N2O5S/c1-4-23-15-5-7-16(8-6-15)25(21,22)18-10-9-17(20)19-11-13(2)24-14(3)12-19/h5-8,13-14,18H,4,9-12H2,1-3H3/t13-,14-/m0/s1. The van der Waals surface area contributed by atoms with Gasteiger partial charge in [0.25, 0.3) is 0 Å². The number of amides is 1. The molecule has 1 amide bonds. The van der Waals surface area contributed by atoms with E-state index in [-0.39, 0.29) is 36.0 Å². The fraction of sp³-hybridized carbons (Fsp3) is 0.588. The van der Waals surface area contributed by atoms with Gasteiger partial charge < -0.3 is 14.4 Å². The Balaban J connectivity index is 1.86. The molecule has 2 atom stereocenters. The highest BCUT2D eigenvalue weighted by molar-refractivity contribution is 7.89. The van der Waals surface area contributed by atoms with Crippen LogP contribution in [-0.4, -0.2) is 57.7 Å². The molecule has 7 nitrogen and oxygen atoms in total. The number of hydrogen-bond acceptors (Lipinski definition) is 5. The van der Waals surface area contributed by atoms with Gasteiger partial charge in [-0.3, -0.25) is 4.79 Å². The summed E-state index contributed by atoms with van der Waals surface area (Å²) in [6.07, 6.45) is 0.108. The van der Waals surface area contributed by atoms with E-state index in [0.717, 1.165) is 0 Å². The maximum atomic E-state index is 12.3. The monoisotopic (exact) mass is 370 g/mol. The summed E-state index contributed by atoms with van der Waals surface area (Å²) < 4.78 is 37.9. The number of rotatable bonds is 7. The molecule has 0 saturated carbocycles. The molecule has 1 heterocycles. The van der Waals surface area contributed by atoms with E-state index in [1.54, 1.807) is 17.0 Å². The van der Waals surface area contributed by atoms with Crippen LogP contribution in [0.4, 0.5) is 0 Å². The van der Waals surface area contributed by atoms with Gasteiger partial charge in [0.05, 0.1) is 23.7 Å². The molecular formula is C17H26N2O5S. The zero-order valence-corrected chi connectivity index (χ0v) is 15.7. The number of carbonyl (C=O) groups excluding carboxylic acids is 1. The van der Waals surface area contributed by atoms with Crippen LogP contribution in [0.15, 0.2) is 29.2 Å². The first-order valence-electron chi connectivity index (χ1n) is 8.47. The summed E-state index contributed by atoms with van der Waals surface area (Å²) in [4.78, 5) is 14.1. The Kier molecular flexibility index (Phi) is 6.80. The van der Waals surface area contributed by atoms with Gasteiger partial charge in [0, 0.05) is 26.1 Å². The van der Waals surface area contributed by atoms with E-state index >= 15 is 0 Å². The van der Waals surface area contributed by atoms with Gasteiger partial charge in [0.15, 0.2) is 0 Å². The molecule has 1 fully saturated rings. The minimum atomic E-state index is -3.64. The first-order valence-corrected chi connectivity index (χ1v) is 9.96. The Bertz CT molecular complexity index is 665. The molecule has 1 aliphatic rings. The second kappa shape index (κ2) is 8.64. The molecule has 0 aliphatic carbocycles. The van der Waals surface area contributed by atoms with Crippen LogP contribution in [0.3, 0.4) is 0 Å². The molecule has 2 rings (SSSR count). The number of carbonyl (C=O) groups is 1. The second-order valence-corrected chi connectivity index (χ2v) is 7.88. The van der Waals surface area contributed by atoms with E-state index in [1.165, 1.54) is 12.1 Å². The van der Waals surface area contributed by atoms with E-state index in [0.29, 0.717) is 25.4 Å². The quantitative estimate of drug-likeness (QED) is 0.784. The van der Waals surface area contributed by atoms with Crippen LogP contribution in [0.5, 0.6) is 5.75 Å². The lowest BCUT2D eigenvalue weighted by molar-refractivity contribution is -0.143. The van der Waals surface area contributed by atoms with Gasteiger partial charge in [-0.1, -0.05) is 0 Å². The molecule has 0 spiro atoms. The predicted octanol–water partition coefficient (Wildman–Crippen LogP) is 1.39. The molecular weight excluding hydrogens is 344 g/mol. The third-order valence-corrected chi connectivity index (χ3v) is 5.33. The molecule has 25 heavy (non-hydrogen) atoms. The number of nitrogens with one attached hydrogen (secondary N) is 1. The van der Waals surface area contributed by atoms with Gasteiger partial charge in [0.2, 0.25) is 15.9 Å². The third kappa shape index (κ3) is 5.69. The largest absolute Gasteiger partial charge is 0.494 e. The number of nitrogens with zero attached hydrogens (tertiary/aromatic N) is 1. The average Bonchev–Trinajstić information content (AvgIpc) is 2.54. The van der Waals surface area contributed by atoms with Crippen molar-refractivity contribution in [1.82, 2.24) is 9.62 Å². The molecule has 8 heteroatoms. The highest BCUT2D eigenvalue weighted by atomic mass is 32.2. The summed E-state index contributed by atoms with van der Waals surface area (Å²) in [7, 11) is -3.64. The summed E-state index contributed by atoms with van der Waals surface area (Å²) >= 11 is 0. The SMILES string of the molecule is CCOc1ccc(S(=O)(=O)NCCC(=O)N2C[C@H](C)O[C@@H](C)C2)cc1. The van der Waals surface area contributed by atoms with E-state index in [4.69, 9.17) is 9.47 Å². The molecule has 0 radical (unpaired) electrons. The fourth-order valence-electron chi connectivity index (χ4n) is 2.80. The van der Waals surface area contributed by atoms with Gasteiger partial charge in [-0.25, -0.2) is 13.1 Å². The number of ether oxygens (including phenoxy) is 2. The lowest BCUT2D eigenvalue weighted by Crippen LogP contribution is -2.48. The number of benzene rings is 1. The Hall–Kier alpha value is -1.64. The molecule has 0 aromatic heterocycles. The van der Waals surface area contributed by atoms with Crippen molar-refractivity contribution < 1.29 is 22.7 Å². The molecule has 1 aliphatic heterocycles. The van der Waals surface area contributed by atoms with Crippen molar-refractivity contribution in [2.75, 3.05) is 26.2 Å². The van der Waals surface area contributed by atoms with Crippen LogP contribution in [0.1, 0.15) is 27.2 Å². The van der Waals surface area contributed by atoms with Crippen LogP contribution in [0.2, 0.25) is 0 Å². The molecule has 1 aromatic carbocycles. The van der Waals surface area contributed by atoms with Crippen molar-refractivity contribution in [2.24, 2.45) is 0 Å². The zero-order valence-electron chi connectivity index (χ0n) is 14.9. The molecule has 1 saturated heterocycles. The molecule has 0 unspecified atom stereocenters. The summed E-state index contributed by atoms with van der Waals surface area (Å²) in [6, 6.07) is 6.19. The Morgan fingerprint density at radius 1 is 1.24 bits per heavy atom. The van der Waals surface area contributed by atoms with Gasteiger partial charge in [0.1, 0.15) is 5.75 Å². The number of hydrogen-bond donors (Lipinski definition) is 1. The first-order chi connectivity index (χ1) is 11.8. The van der Waals surface area contributed by atoms with Crippen molar-refractivity contribution in [2.45, 2.75) is 44.3 Å². The summed E-state index contributed by atoms with van der Waals surface area (Å²) in [5.41, 5.74) is 0. The predicted molar refractivity (Wildman–Crippen MR) is 94.0 cm³/mol. The number of sulfonamides is 1. The fourth-order valence-corrected chi connectivity index (χ4v) is 3.83. The maximum absolute atomic E-state index is 12.3. The molecule has 140 valence electrons. The van der Waals surface area contributed by atoms with E-state index in [2.05, 4.69) is 4.72 Å². The smallest absolute Gasteiger partial charge is 0.240 e. The summed E-state index contributed by atoms with van der Waals surface area (Å²) in [5.74, 6) is 0.545. The lowest BCUT2D eigenvalue weighted by atomic mass is 10.2. The van der Waals surface area contributed by atoms with Crippen molar-refractivity contribution in [1.29, 1.82) is 0 Å². The van der Waals surface area contributed by atoms with Crippen molar-refractivity contribution in [3.63, 3.8) is 0 Å². The van der Waals surface area contributed by atoms with Crippen LogP contribution in [0, 0.1) is 0 Å². The van der Waals surface area contributed by atoms with Gasteiger partial charge in [-0.15, -0.1) is 0 Å². The zero-order chi connectivity index (χ0) is 18.4. The second-order valence-electron chi connectivity index (χ2n) is 6.11.